The van der Waals surface area contributed by atoms with Crippen LogP contribution in [0.15, 0.2) is 42.7 Å². The molecule has 0 aliphatic carbocycles. The van der Waals surface area contributed by atoms with Crippen molar-refractivity contribution in [1.29, 1.82) is 0 Å². The predicted molar refractivity (Wildman–Crippen MR) is 82.2 cm³/mol. The zero-order chi connectivity index (χ0) is 15.5. The van der Waals surface area contributed by atoms with E-state index in [0.29, 0.717) is 5.13 Å². The minimum absolute atomic E-state index is 0.00244. The van der Waals surface area contributed by atoms with E-state index < -0.39 is 4.92 Å². The van der Waals surface area contributed by atoms with Crippen LogP contribution in [0.5, 0.6) is 0 Å². The van der Waals surface area contributed by atoms with Gasteiger partial charge in [-0.15, -0.1) is 5.10 Å². The summed E-state index contributed by atoms with van der Waals surface area (Å²) in [5.74, 6) is 0. The van der Waals surface area contributed by atoms with Gasteiger partial charge in [0.15, 0.2) is 5.13 Å². The van der Waals surface area contributed by atoms with Crippen molar-refractivity contribution in [2.45, 2.75) is 13.0 Å². The van der Waals surface area contributed by atoms with Crippen LogP contribution in [-0.2, 0) is 0 Å². The molecular weight excluding hydrogens is 304 g/mol. The number of nitrogens with one attached hydrogen (secondary N) is 1. The molecule has 112 valence electrons. The summed E-state index contributed by atoms with van der Waals surface area (Å²) in [6.45, 7) is 1.90. The number of thiazole rings is 1. The first-order valence-corrected chi connectivity index (χ1v) is 7.29. The average Bonchev–Trinajstić information content (AvgIpc) is 3.17. The highest BCUT2D eigenvalue weighted by Gasteiger charge is 2.16. The van der Waals surface area contributed by atoms with Gasteiger partial charge in [-0.05, 0) is 30.4 Å². The fourth-order valence-electron chi connectivity index (χ4n) is 1.86. The van der Waals surface area contributed by atoms with Gasteiger partial charge in [0, 0.05) is 0 Å². The molecule has 3 rings (SSSR count). The largest absolute Gasteiger partial charge is 0.353 e. The molecule has 3 aromatic rings. The number of nitro groups is 1. The minimum atomic E-state index is -0.459. The number of rotatable bonds is 5. The molecule has 0 radical (unpaired) electrons. The summed E-state index contributed by atoms with van der Waals surface area (Å²) in [6.07, 6.45) is 3.05. The molecule has 0 aliphatic heterocycles. The third-order valence-corrected chi connectivity index (χ3v) is 3.87. The molecule has 1 aromatic carbocycles. The van der Waals surface area contributed by atoms with Gasteiger partial charge in [-0.1, -0.05) is 23.4 Å². The van der Waals surface area contributed by atoms with E-state index in [1.165, 1.54) is 6.20 Å². The normalized spacial score (nSPS) is 12.0. The van der Waals surface area contributed by atoms with Crippen molar-refractivity contribution in [3.8, 4) is 5.69 Å². The van der Waals surface area contributed by atoms with Gasteiger partial charge in [0.05, 0.1) is 22.8 Å². The Bertz CT molecular complexity index is 785. The van der Waals surface area contributed by atoms with Gasteiger partial charge >= 0.3 is 5.00 Å². The lowest BCUT2D eigenvalue weighted by Gasteiger charge is -2.08. The van der Waals surface area contributed by atoms with E-state index in [2.05, 4.69) is 20.6 Å². The van der Waals surface area contributed by atoms with Crippen molar-refractivity contribution < 1.29 is 4.92 Å². The van der Waals surface area contributed by atoms with Crippen LogP contribution in [0, 0.1) is 10.1 Å². The molecule has 0 unspecified atom stereocenters. The van der Waals surface area contributed by atoms with E-state index in [9.17, 15) is 10.1 Å². The van der Waals surface area contributed by atoms with Crippen LogP contribution in [0.2, 0.25) is 0 Å². The van der Waals surface area contributed by atoms with Gasteiger partial charge in [-0.3, -0.25) is 10.1 Å². The number of aromatic nitrogens is 4. The topological polar surface area (TPSA) is 98.8 Å². The van der Waals surface area contributed by atoms with Gasteiger partial charge in [0.25, 0.3) is 0 Å². The Morgan fingerprint density at radius 2 is 2.14 bits per heavy atom. The molecule has 2 aromatic heterocycles. The summed E-state index contributed by atoms with van der Waals surface area (Å²) >= 11 is 0.991. The maximum atomic E-state index is 10.7. The predicted octanol–water partition coefficient (Wildman–Crippen LogP) is 2.81. The quantitative estimate of drug-likeness (QED) is 0.574. The first-order chi connectivity index (χ1) is 10.6. The molecule has 0 saturated carbocycles. The van der Waals surface area contributed by atoms with Crippen molar-refractivity contribution in [3.63, 3.8) is 0 Å². The molecule has 22 heavy (non-hydrogen) atoms. The SMILES string of the molecule is C[C@H](Nc1ncc([N+](=O)[O-])s1)c1cn(-c2ccccc2)nn1. The Hall–Kier alpha value is -2.81. The highest BCUT2D eigenvalue weighted by Crippen LogP contribution is 2.27. The molecule has 0 amide bonds. The lowest BCUT2D eigenvalue weighted by Crippen LogP contribution is -2.06. The van der Waals surface area contributed by atoms with Gasteiger partial charge in [0.2, 0.25) is 0 Å². The second-order valence-corrected chi connectivity index (χ2v) is 5.56. The van der Waals surface area contributed by atoms with E-state index >= 15 is 0 Å². The Labute approximate surface area is 129 Å². The molecule has 8 nitrogen and oxygen atoms in total. The Morgan fingerprint density at radius 3 is 2.82 bits per heavy atom. The highest BCUT2D eigenvalue weighted by atomic mass is 32.1. The van der Waals surface area contributed by atoms with Crippen LogP contribution < -0.4 is 5.32 Å². The summed E-state index contributed by atoms with van der Waals surface area (Å²) in [4.78, 5) is 14.2. The van der Waals surface area contributed by atoms with Gasteiger partial charge in [-0.2, -0.15) is 0 Å². The van der Waals surface area contributed by atoms with E-state index in [1.54, 1.807) is 4.68 Å². The minimum Gasteiger partial charge on any atom is -0.353 e. The summed E-state index contributed by atoms with van der Waals surface area (Å²) in [6, 6.07) is 9.48. The van der Waals surface area contributed by atoms with E-state index in [1.807, 2.05) is 43.5 Å². The first kappa shape index (κ1) is 14.1. The molecular formula is C13H12N6O2S. The summed E-state index contributed by atoms with van der Waals surface area (Å²) in [5, 5.41) is 22.4. The highest BCUT2D eigenvalue weighted by molar-refractivity contribution is 7.18. The molecule has 9 heteroatoms. The Kier molecular flexibility index (Phi) is 3.79. The number of nitrogens with zero attached hydrogens (tertiary/aromatic N) is 5. The van der Waals surface area contributed by atoms with Crippen molar-refractivity contribution in [2.75, 3.05) is 5.32 Å². The molecule has 2 heterocycles. The number of anilines is 1. The van der Waals surface area contributed by atoms with Crippen molar-refractivity contribution in [1.82, 2.24) is 20.0 Å². The van der Waals surface area contributed by atoms with Gasteiger partial charge in [0.1, 0.15) is 11.9 Å². The fraction of sp³-hybridized carbons (Fsp3) is 0.154. The Balaban J connectivity index is 1.74. The third-order valence-electron chi connectivity index (χ3n) is 2.99. The average molecular weight is 316 g/mol. The lowest BCUT2D eigenvalue weighted by atomic mass is 10.2. The molecule has 1 atom stereocenters. The van der Waals surface area contributed by atoms with E-state index in [4.69, 9.17) is 0 Å². The standard InChI is InChI=1S/C13H12N6O2S/c1-9(15-13-14-7-12(22-13)19(20)21)11-8-18(17-16-11)10-5-3-2-4-6-10/h2-9H,1H3,(H,14,15)/t9-/m0/s1. The number of hydrogen-bond acceptors (Lipinski definition) is 7. The maximum absolute atomic E-state index is 10.7. The first-order valence-electron chi connectivity index (χ1n) is 6.48. The second-order valence-electron chi connectivity index (χ2n) is 4.55. The van der Waals surface area contributed by atoms with Crippen LogP contribution >= 0.6 is 11.3 Å². The van der Waals surface area contributed by atoms with Crippen LogP contribution in [0.25, 0.3) is 5.69 Å². The van der Waals surface area contributed by atoms with Crippen molar-refractivity contribution >= 4 is 21.5 Å². The summed E-state index contributed by atoms with van der Waals surface area (Å²) in [5.41, 5.74) is 1.64. The monoisotopic (exact) mass is 316 g/mol. The second kappa shape index (κ2) is 5.90. The molecule has 0 spiro atoms. The number of hydrogen-bond donors (Lipinski definition) is 1. The smallest absolute Gasteiger partial charge is 0.345 e. The Morgan fingerprint density at radius 1 is 1.36 bits per heavy atom. The summed E-state index contributed by atoms with van der Waals surface area (Å²) in [7, 11) is 0. The molecule has 0 fully saturated rings. The van der Waals surface area contributed by atoms with Gasteiger partial charge in [-0.25, -0.2) is 9.67 Å². The van der Waals surface area contributed by atoms with Crippen LogP contribution in [0.4, 0.5) is 10.1 Å². The van der Waals surface area contributed by atoms with Crippen LogP contribution in [-0.4, -0.2) is 24.9 Å². The van der Waals surface area contributed by atoms with Crippen LogP contribution in [0.1, 0.15) is 18.7 Å². The van der Waals surface area contributed by atoms with Crippen molar-refractivity contribution in [3.05, 3.63) is 58.5 Å². The molecule has 0 bridgehead atoms. The molecule has 1 N–H and O–H groups in total. The summed E-state index contributed by atoms with van der Waals surface area (Å²) < 4.78 is 1.68. The lowest BCUT2D eigenvalue weighted by molar-refractivity contribution is -0.380. The van der Waals surface area contributed by atoms with Crippen LogP contribution in [0.3, 0.4) is 0 Å². The third kappa shape index (κ3) is 2.93. The van der Waals surface area contributed by atoms with Crippen molar-refractivity contribution in [2.24, 2.45) is 0 Å². The molecule has 0 aliphatic rings. The van der Waals surface area contributed by atoms with Gasteiger partial charge < -0.3 is 5.32 Å². The number of para-hydroxylation sites is 1. The van der Waals surface area contributed by atoms with E-state index in [0.717, 1.165) is 22.7 Å². The fourth-order valence-corrected chi connectivity index (χ4v) is 2.58. The maximum Gasteiger partial charge on any atom is 0.345 e. The number of benzene rings is 1. The van der Waals surface area contributed by atoms with E-state index in [-0.39, 0.29) is 11.0 Å². The molecule has 0 saturated heterocycles. The zero-order valence-corrected chi connectivity index (χ0v) is 12.4. The zero-order valence-electron chi connectivity index (χ0n) is 11.6.